The minimum atomic E-state index is -0.407. The monoisotopic (exact) mass is 298 g/mol. The van der Waals surface area contributed by atoms with Crippen LogP contribution >= 0.6 is 0 Å². The second-order valence-corrected chi connectivity index (χ2v) is 5.81. The topological polar surface area (TPSA) is 66.9 Å². The van der Waals surface area contributed by atoms with E-state index in [0.29, 0.717) is 34.7 Å². The molecule has 6 heteroatoms. The molecular formula is C16H15FN4O. The van der Waals surface area contributed by atoms with Crippen molar-refractivity contribution >= 4 is 5.91 Å². The largest absolute Gasteiger partial charge is 0.349 e. The number of carbonyl (C=O) groups is 1. The molecule has 22 heavy (non-hydrogen) atoms. The molecule has 1 unspecified atom stereocenters. The van der Waals surface area contributed by atoms with Crippen LogP contribution in [0.5, 0.6) is 0 Å². The smallest absolute Gasteiger partial charge is 0.253 e. The standard InChI is InChI=1S/C16H15FN4O/c17-11-3-10(4-18-6-11)14-2-1-9(5-20-14)16(22)21-15-12-7-19-8-13(12)15/h1-6,12-13,15,19H,7-8H2,(H,21,22)/t12-,13+,15?. The van der Waals surface area contributed by atoms with Crippen molar-refractivity contribution in [3.63, 3.8) is 0 Å². The molecule has 5 nitrogen and oxygen atoms in total. The highest BCUT2D eigenvalue weighted by Crippen LogP contribution is 2.41. The third-order valence-electron chi connectivity index (χ3n) is 4.42. The van der Waals surface area contributed by atoms with Gasteiger partial charge in [0.1, 0.15) is 5.82 Å². The van der Waals surface area contributed by atoms with Crippen molar-refractivity contribution in [2.24, 2.45) is 11.8 Å². The van der Waals surface area contributed by atoms with Gasteiger partial charge < -0.3 is 10.6 Å². The number of halogens is 1. The van der Waals surface area contributed by atoms with Gasteiger partial charge >= 0.3 is 0 Å². The zero-order valence-corrected chi connectivity index (χ0v) is 11.8. The number of piperidine rings is 1. The minimum absolute atomic E-state index is 0.101. The van der Waals surface area contributed by atoms with Crippen molar-refractivity contribution in [2.75, 3.05) is 13.1 Å². The molecule has 1 saturated carbocycles. The Morgan fingerprint density at radius 1 is 1.23 bits per heavy atom. The number of amides is 1. The van der Waals surface area contributed by atoms with Gasteiger partial charge in [0.05, 0.1) is 17.5 Å². The molecule has 0 aromatic carbocycles. The zero-order valence-electron chi connectivity index (χ0n) is 11.8. The van der Waals surface area contributed by atoms with Crippen molar-refractivity contribution in [2.45, 2.75) is 6.04 Å². The number of rotatable bonds is 3. The third kappa shape index (κ3) is 2.35. The van der Waals surface area contributed by atoms with Gasteiger partial charge in [-0.15, -0.1) is 0 Å². The summed E-state index contributed by atoms with van der Waals surface area (Å²) in [7, 11) is 0. The number of nitrogens with one attached hydrogen (secondary N) is 2. The first-order valence-electron chi connectivity index (χ1n) is 7.31. The van der Waals surface area contributed by atoms with Gasteiger partial charge in [0.2, 0.25) is 0 Å². The number of aromatic nitrogens is 2. The lowest BCUT2D eigenvalue weighted by atomic mass is 10.1. The first-order chi connectivity index (χ1) is 10.7. The summed E-state index contributed by atoms with van der Waals surface area (Å²) in [5.41, 5.74) is 1.71. The Balaban J connectivity index is 1.46. The number of carbonyl (C=O) groups excluding carboxylic acids is 1. The SMILES string of the molecule is O=C(NC1[C@H]2CNC[C@@H]12)c1ccc(-c2cncc(F)c2)nc1. The maximum absolute atomic E-state index is 13.2. The Kier molecular flexibility index (Phi) is 3.11. The van der Waals surface area contributed by atoms with E-state index < -0.39 is 5.82 Å². The molecule has 3 atom stereocenters. The van der Waals surface area contributed by atoms with E-state index in [1.54, 1.807) is 18.3 Å². The molecule has 2 fully saturated rings. The van der Waals surface area contributed by atoms with Crippen LogP contribution in [-0.2, 0) is 0 Å². The highest BCUT2D eigenvalue weighted by Gasteiger charge is 2.53. The predicted octanol–water partition coefficient (Wildman–Crippen LogP) is 1.23. The summed E-state index contributed by atoms with van der Waals surface area (Å²) in [5, 5.41) is 6.34. The highest BCUT2D eigenvalue weighted by molar-refractivity contribution is 5.94. The summed E-state index contributed by atoms with van der Waals surface area (Å²) in [4.78, 5) is 20.2. The van der Waals surface area contributed by atoms with E-state index >= 15 is 0 Å². The van der Waals surface area contributed by atoms with Crippen LogP contribution in [0.15, 0.2) is 36.8 Å². The number of hydrogen-bond acceptors (Lipinski definition) is 4. The fourth-order valence-electron chi connectivity index (χ4n) is 3.12. The first-order valence-corrected chi connectivity index (χ1v) is 7.31. The Morgan fingerprint density at radius 2 is 2.05 bits per heavy atom. The quantitative estimate of drug-likeness (QED) is 0.894. The average Bonchev–Trinajstić information content (AvgIpc) is 2.97. The van der Waals surface area contributed by atoms with Crippen LogP contribution in [0.3, 0.4) is 0 Å². The normalized spacial score (nSPS) is 25.6. The van der Waals surface area contributed by atoms with Crippen molar-refractivity contribution < 1.29 is 9.18 Å². The lowest BCUT2D eigenvalue weighted by Crippen LogP contribution is -2.32. The van der Waals surface area contributed by atoms with Gasteiger partial charge in [-0.1, -0.05) is 0 Å². The molecule has 1 aliphatic carbocycles. The Labute approximate surface area is 127 Å². The third-order valence-corrected chi connectivity index (χ3v) is 4.42. The molecule has 3 heterocycles. The van der Waals surface area contributed by atoms with Crippen LogP contribution in [0, 0.1) is 17.7 Å². The molecular weight excluding hydrogens is 283 g/mol. The molecule has 112 valence electrons. The maximum atomic E-state index is 13.2. The molecule has 2 aromatic heterocycles. The van der Waals surface area contributed by atoms with Crippen molar-refractivity contribution in [3.05, 3.63) is 48.2 Å². The summed E-state index contributed by atoms with van der Waals surface area (Å²) >= 11 is 0. The van der Waals surface area contributed by atoms with Gasteiger partial charge in [-0.25, -0.2) is 4.39 Å². The Hall–Kier alpha value is -2.34. The van der Waals surface area contributed by atoms with Gasteiger partial charge in [-0.05, 0) is 30.0 Å². The molecule has 0 spiro atoms. The fraction of sp³-hybridized carbons (Fsp3) is 0.312. The summed E-state index contributed by atoms with van der Waals surface area (Å²) in [5.74, 6) is 0.648. The van der Waals surface area contributed by atoms with Gasteiger partial charge in [-0.2, -0.15) is 0 Å². The molecule has 2 N–H and O–H groups in total. The van der Waals surface area contributed by atoms with E-state index in [9.17, 15) is 9.18 Å². The second kappa shape index (κ2) is 5.14. The summed E-state index contributed by atoms with van der Waals surface area (Å²) < 4.78 is 13.2. The van der Waals surface area contributed by atoms with E-state index in [1.165, 1.54) is 12.3 Å². The van der Waals surface area contributed by atoms with E-state index in [1.807, 2.05) is 0 Å². The zero-order chi connectivity index (χ0) is 15.1. The molecule has 1 aliphatic heterocycles. The summed E-state index contributed by atoms with van der Waals surface area (Å²) in [6, 6.07) is 5.08. The van der Waals surface area contributed by atoms with Crippen LogP contribution < -0.4 is 10.6 Å². The van der Waals surface area contributed by atoms with Crippen LogP contribution in [0.25, 0.3) is 11.3 Å². The Bertz CT molecular complexity index is 708. The number of pyridine rings is 2. The minimum Gasteiger partial charge on any atom is -0.349 e. The molecule has 0 bridgehead atoms. The lowest BCUT2D eigenvalue weighted by Gasteiger charge is -2.08. The van der Waals surface area contributed by atoms with Gasteiger partial charge in [-0.3, -0.25) is 14.8 Å². The highest BCUT2D eigenvalue weighted by atomic mass is 19.1. The van der Waals surface area contributed by atoms with Crippen molar-refractivity contribution in [3.8, 4) is 11.3 Å². The van der Waals surface area contributed by atoms with E-state index in [4.69, 9.17) is 0 Å². The van der Waals surface area contributed by atoms with Crippen LogP contribution in [0.2, 0.25) is 0 Å². The maximum Gasteiger partial charge on any atom is 0.253 e. The van der Waals surface area contributed by atoms with E-state index in [0.717, 1.165) is 19.3 Å². The van der Waals surface area contributed by atoms with Crippen LogP contribution in [0.4, 0.5) is 4.39 Å². The molecule has 4 rings (SSSR count). The molecule has 2 aromatic rings. The molecule has 1 saturated heterocycles. The number of hydrogen-bond donors (Lipinski definition) is 2. The first kappa shape index (κ1) is 13.3. The summed E-state index contributed by atoms with van der Waals surface area (Å²) in [6.45, 7) is 1.97. The average molecular weight is 298 g/mol. The van der Waals surface area contributed by atoms with Crippen LogP contribution in [-0.4, -0.2) is 35.0 Å². The van der Waals surface area contributed by atoms with E-state index in [-0.39, 0.29) is 5.91 Å². The van der Waals surface area contributed by atoms with Gasteiger partial charge in [0.15, 0.2) is 0 Å². The lowest BCUT2D eigenvalue weighted by molar-refractivity contribution is 0.0946. The summed E-state index contributed by atoms with van der Waals surface area (Å²) in [6.07, 6.45) is 4.21. The second-order valence-electron chi connectivity index (χ2n) is 5.81. The molecule has 1 amide bonds. The molecule has 0 radical (unpaired) electrons. The predicted molar refractivity (Wildman–Crippen MR) is 78.5 cm³/mol. The fourth-order valence-corrected chi connectivity index (χ4v) is 3.12. The number of fused-ring (bicyclic) bond motifs is 1. The van der Waals surface area contributed by atoms with Gasteiger partial charge in [0, 0.05) is 37.1 Å². The van der Waals surface area contributed by atoms with Crippen molar-refractivity contribution in [1.82, 2.24) is 20.6 Å². The van der Waals surface area contributed by atoms with Crippen molar-refractivity contribution in [1.29, 1.82) is 0 Å². The van der Waals surface area contributed by atoms with E-state index in [2.05, 4.69) is 20.6 Å². The number of nitrogens with zero attached hydrogens (tertiary/aromatic N) is 2. The van der Waals surface area contributed by atoms with Crippen LogP contribution in [0.1, 0.15) is 10.4 Å². The molecule has 2 aliphatic rings. The van der Waals surface area contributed by atoms with Gasteiger partial charge in [0.25, 0.3) is 5.91 Å². The Morgan fingerprint density at radius 3 is 2.73 bits per heavy atom.